The Morgan fingerprint density at radius 2 is 1.87 bits per heavy atom. The van der Waals surface area contributed by atoms with E-state index in [0.29, 0.717) is 19.6 Å². The smallest absolute Gasteiger partial charge is 0.293 e. The molecule has 1 aliphatic heterocycles. The highest BCUT2D eigenvalue weighted by atomic mass is 35.5. The molecule has 1 fully saturated rings. The van der Waals surface area contributed by atoms with Gasteiger partial charge in [-0.2, -0.15) is 0 Å². The van der Waals surface area contributed by atoms with E-state index < -0.39 is 0 Å². The zero-order valence-electron chi connectivity index (χ0n) is 18.1. The van der Waals surface area contributed by atoms with Gasteiger partial charge in [0.15, 0.2) is 0 Å². The maximum atomic E-state index is 9.60. The molecule has 4 N–H and O–H groups in total. The molecule has 7 heteroatoms. The minimum absolute atomic E-state index is 0.318. The second-order valence-corrected chi connectivity index (χ2v) is 8.42. The van der Waals surface area contributed by atoms with Gasteiger partial charge in [0.05, 0.1) is 0 Å². The van der Waals surface area contributed by atoms with Crippen molar-refractivity contribution in [3.8, 4) is 0 Å². The number of halogens is 1. The molecule has 2 aromatic carbocycles. The Morgan fingerprint density at radius 3 is 2.43 bits per heavy atom. The van der Waals surface area contributed by atoms with Gasteiger partial charge in [-0.05, 0) is 44.5 Å². The average molecular weight is 433 g/mol. The number of hydrogen-bond acceptors (Lipinski definition) is 6. The van der Waals surface area contributed by atoms with Crippen molar-refractivity contribution >= 4 is 29.4 Å². The first kappa shape index (κ1) is 24.0. The van der Waals surface area contributed by atoms with Crippen LogP contribution in [0.5, 0.6) is 0 Å². The topological polar surface area (TPSA) is 79.6 Å². The summed E-state index contributed by atoms with van der Waals surface area (Å²) in [6, 6.07) is 14.2. The monoisotopic (exact) mass is 432 g/mol. The molecule has 1 aliphatic rings. The number of benzene rings is 2. The zero-order valence-corrected chi connectivity index (χ0v) is 18.8. The number of nitrogens with zero attached hydrogens (tertiary/aromatic N) is 1. The van der Waals surface area contributed by atoms with Gasteiger partial charge in [0.25, 0.3) is 6.47 Å². The van der Waals surface area contributed by atoms with E-state index in [1.165, 1.54) is 11.3 Å². The number of anilines is 2. The Kier molecular flexibility index (Phi) is 9.43. The van der Waals surface area contributed by atoms with E-state index in [-0.39, 0.29) is 5.60 Å². The van der Waals surface area contributed by atoms with Crippen molar-refractivity contribution < 1.29 is 9.53 Å². The van der Waals surface area contributed by atoms with Crippen LogP contribution in [0.2, 0.25) is 5.02 Å². The third-order valence-electron chi connectivity index (χ3n) is 4.64. The van der Waals surface area contributed by atoms with Crippen molar-refractivity contribution in [2.75, 3.05) is 36.4 Å². The standard InChI is InChI=1S/C18H23ClN4.C5H10O2/c19-16-5-2-1-4-14(16)13-22-17-6-3-7-18(15(17)12-20)23-10-8-21-9-11-23;1-5(2,3)7-4-6/h1-7,21-22H,8-13,20H2;4H,1-3H3. The largest absolute Gasteiger partial charge is 0.462 e. The summed E-state index contributed by atoms with van der Waals surface area (Å²) in [5.74, 6) is 0. The summed E-state index contributed by atoms with van der Waals surface area (Å²) in [6.45, 7) is 11.2. The van der Waals surface area contributed by atoms with Crippen LogP contribution in [0.3, 0.4) is 0 Å². The van der Waals surface area contributed by atoms with Gasteiger partial charge in [0, 0.05) is 61.2 Å². The molecule has 0 aromatic heterocycles. The second-order valence-electron chi connectivity index (χ2n) is 8.02. The van der Waals surface area contributed by atoms with E-state index in [0.717, 1.165) is 42.5 Å². The van der Waals surface area contributed by atoms with Crippen LogP contribution in [0.25, 0.3) is 0 Å². The quantitative estimate of drug-likeness (QED) is 0.603. The van der Waals surface area contributed by atoms with Crippen LogP contribution >= 0.6 is 11.6 Å². The van der Waals surface area contributed by atoms with E-state index in [9.17, 15) is 4.79 Å². The summed E-state index contributed by atoms with van der Waals surface area (Å²) >= 11 is 6.24. The lowest BCUT2D eigenvalue weighted by atomic mass is 10.1. The summed E-state index contributed by atoms with van der Waals surface area (Å²) < 4.78 is 4.55. The van der Waals surface area contributed by atoms with E-state index in [1.807, 2.05) is 45.0 Å². The van der Waals surface area contributed by atoms with Crippen molar-refractivity contribution in [2.24, 2.45) is 5.73 Å². The second kappa shape index (κ2) is 11.8. The van der Waals surface area contributed by atoms with E-state index in [1.54, 1.807) is 0 Å². The molecule has 0 radical (unpaired) electrons. The summed E-state index contributed by atoms with van der Waals surface area (Å²) in [4.78, 5) is 12.0. The van der Waals surface area contributed by atoms with Gasteiger partial charge < -0.3 is 26.0 Å². The SMILES string of the molecule is CC(C)(C)OC=O.NCc1c(NCc2ccccc2Cl)cccc1N1CCNCC1. The lowest BCUT2D eigenvalue weighted by Crippen LogP contribution is -2.44. The lowest BCUT2D eigenvalue weighted by Gasteiger charge is -2.32. The Hall–Kier alpha value is -2.28. The lowest BCUT2D eigenvalue weighted by molar-refractivity contribution is -0.138. The van der Waals surface area contributed by atoms with Crippen LogP contribution in [0.4, 0.5) is 11.4 Å². The fourth-order valence-electron chi connectivity index (χ4n) is 3.13. The maximum Gasteiger partial charge on any atom is 0.293 e. The van der Waals surface area contributed by atoms with Crippen LogP contribution in [0.1, 0.15) is 31.9 Å². The summed E-state index contributed by atoms with van der Waals surface area (Å²) in [5.41, 5.74) is 10.3. The first-order valence-electron chi connectivity index (χ1n) is 10.2. The number of nitrogens with two attached hydrogens (primary N) is 1. The summed E-state index contributed by atoms with van der Waals surface area (Å²) in [6.07, 6.45) is 0. The molecule has 1 heterocycles. The maximum absolute atomic E-state index is 9.60. The van der Waals surface area contributed by atoms with Crippen LogP contribution in [0, 0.1) is 0 Å². The van der Waals surface area contributed by atoms with Crippen molar-refractivity contribution in [2.45, 2.75) is 39.5 Å². The highest BCUT2D eigenvalue weighted by molar-refractivity contribution is 6.31. The molecule has 2 aromatic rings. The van der Waals surface area contributed by atoms with Gasteiger partial charge in [-0.1, -0.05) is 35.9 Å². The van der Waals surface area contributed by atoms with Gasteiger partial charge >= 0.3 is 0 Å². The highest BCUT2D eigenvalue weighted by Gasteiger charge is 2.16. The minimum Gasteiger partial charge on any atom is -0.462 e. The Bertz CT molecular complexity index is 802. The molecule has 6 nitrogen and oxygen atoms in total. The van der Waals surface area contributed by atoms with E-state index in [2.05, 4.69) is 38.5 Å². The van der Waals surface area contributed by atoms with Crippen LogP contribution in [0.15, 0.2) is 42.5 Å². The van der Waals surface area contributed by atoms with Crippen LogP contribution in [-0.2, 0) is 22.6 Å². The molecule has 0 aliphatic carbocycles. The summed E-state index contributed by atoms with van der Waals surface area (Å²) in [7, 11) is 0. The third kappa shape index (κ3) is 7.52. The number of hydrogen-bond donors (Lipinski definition) is 3. The van der Waals surface area contributed by atoms with Gasteiger partial charge in [0.1, 0.15) is 5.60 Å². The normalized spacial score (nSPS) is 13.8. The summed E-state index contributed by atoms with van der Waals surface area (Å²) in [5, 5.41) is 7.67. The Labute approximate surface area is 184 Å². The molecule has 164 valence electrons. The van der Waals surface area contributed by atoms with E-state index >= 15 is 0 Å². The molecular formula is C23H33ClN4O2. The number of nitrogens with one attached hydrogen (secondary N) is 2. The molecule has 0 atom stereocenters. The van der Waals surface area contributed by atoms with Crippen molar-refractivity contribution in [3.63, 3.8) is 0 Å². The Balaban J connectivity index is 0.000000396. The van der Waals surface area contributed by atoms with Crippen LogP contribution < -0.4 is 21.3 Å². The zero-order chi connectivity index (χ0) is 22.0. The number of ether oxygens (including phenoxy) is 1. The molecule has 3 rings (SSSR count). The highest BCUT2D eigenvalue weighted by Crippen LogP contribution is 2.28. The first-order chi connectivity index (χ1) is 14.4. The molecule has 30 heavy (non-hydrogen) atoms. The predicted molar refractivity (Wildman–Crippen MR) is 125 cm³/mol. The number of rotatable bonds is 6. The van der Waals surface area contributed by atoms with Gasteiger partial charge in [-0.25, -0.2) is 0 Å². The molecular weight excluding hydrogens is 400 g/mol. The van der Waals surface area contributed by atoms with Crippen molar-refractivity contribution in [1.29, 1.82) is 0 Å². The van der Waals surface area contributed by atoms with E-state index in [4.69, 9.17) is 17.3 Å². The first-order valence-corrected chi connectivity index (χ1v) is 10.6. The average Bonchev–Trinajstić information content (AvgIpc) is 2.73. The van der Waals surface area contributed by atoms with Crippen molar-refractivity contribution in [3.05, 3.63) is 58.6 Å². The third-order valence-corrected chi connectivity index (χ3v) is 5.01. The molecule has 1 saturated heterocycles. The van der Waals surface area contributed by atoms with Crippen molar-refractivity contribution in [1.82, 2.24) is 5.32 Å². The van der Waals surface area contributed by atoms with Crippen LogP contribution in [-0.4, -0.2) is 38.3 Å². The molecule has 0 amide bonds. The fraction of sp³-hybridized carbons (Fsp3) is 0.435. The molecule has 0 saturated carbocycles. The number of carbonyl (C=O) groups is 1. The molecule has 0 unspecified atom stereocenters. The molecule has 0 bridgehead atoms. The number of piperazine rings is 1. The van der Waals surface area contributed by atoms with Gasteiger partial charge in [0.2, 0.25) is 0 Å². The Morgan fingerprint density at radius 1 is 1.17 bits per heavy atom. The van der Waals surface area contributed by atoms with Gasteiger partial charge in [-0.3, -0.25) is 4.79 Å². The fourth-order valence-corrected chi connectivity index (χ4v) is 3.34. The number of carbonyl (C=O) groups excluding carboxylic acids is 1. The van der Waals surface area contributed by atoms with Gasteiger partial charge in [-0.15, -0.1) is 0 Å². The minimum atomic E-state index is -0.318. The molecule has 0 spiro atoms. The predicted octanol–water partition coefficient (Wildman–Crippen LogP) is 3.78.